The average Bonchev–Trinajstić information content (AvgIpc) is 2.45. The molecule has 0 aromatic heterocycles. The molecule has 0 saturated carbocycles. The molecule has 106 valence electrons. The molecule has 19 heavy (non-hydrogen) atoms. The van der Waals surface area contributed by atoms with E-state index in [4.69, 9.17) is 10.5 Å². The van der Waals surface area contributed by atoms with Gasteiger partial charge in [-0.2, -0.15) is 0 Å². The smallest absolute Gasteiger partial charge is 0.309 e. The van der Waals surface area contributed by atoms with E-state index in [2.05, 4.69) is 17.0 Å². The van der Waals surface area contributed by atoms with Crippen LogP contribution in [0.5, 0.6) is 0 Å². The second kappa shape index (κ2) is 7.92. The van der Waals surface area contributed by atoms with Gasteiger partial charge in [0.1, 0.15) is 0 Å². The summed E-state index contributed by atoms with van der Waals surface area (Å²) in [5, 5.41) is 0. The van der Waals surface area contributed by atoms with Crippen molar-refractivity contribution in [1.82, 2.24) is 4.90 Å². The summed E-state index contributed by atoms with van der Waals surface area (Å²) in [6.07, 6.45) is 0. The molecular formula is C15H24N2O2. The van der Waals surface area contributed by atoms with Gasteiger partial charge in [0.05, 0.1) is 13.0 Å². The lowest BCUT2D eigenvalue weighted by Gasteiger charge is -2.31. The number of methoxy groups -OCH3 is 1. The summed E-state index contributed by atoms with van der Waals surface area (Å²) in [7, 11) is 1.43. The minimum Gasteiger partial charge on any atom is -0.469 e. The normalized spacial score (nSPS) is 14.2. The Morgan fingerprint density at radius 3 is 2.47 bits per heavy atom. The Labute approximate surface area is 115 Å². The lowest BCUT2D eigenvalue weighted by Crippen LogP contribution is -2.42. The Morgan fingerprint density at radius 1 is 1.32 bits per heavy atom. The van der Waals surface area contributed by atoms with Gasteiger partial charge in [0.25, 0.3) is 0 Å². The molecule has 2 unspecified atom stereocenters. The zero-order valence-corrected chi connectivity index (χ0v) is 12.0. The largest absolute Gasteiger partial charge is 0.469 e. The SMILES string of the molecule is COC(=O)C(C)C(C)N(CCN)Cc1ccccc1. The summed E-state index contributed by atoms with van der Waals surface area (Å²) in [6.45, 7) is 6.06. The van der Waals surface area contributed by atoms with Crippen LogP contribution in [0.15, 0.2) is 30.3 Å². The van der Waals surface area contributed by atoms with E-state index in [0.29, 0.717) is 6.54 Å². The predicted octanol–water partition coefficient (Wildman–Crippen LogP) is 1.64. The van der Waals surface area contributed by atoms with Gasteiger partial charge in [0.2, 0.25) is 0 Å². The molecule has 0 aliphatic rings. The van der Waals surface area contributed by atoms with Gasteiger partial charge in [-0.05, 0) is 12.5 Å². The summed E-state index contributed by atoms with van der Waals surface area (Å²) in [6, 6.07) is 10.3. The topological polar surface area (TPSA) is 55.6 Å². The Bertz CT molecular complexity index is 381. The first-order chi connectivity index (χ1) is 9.10. The molecule has 2 atom stereocenters. The van der Waals surface area contributed by atoms with Gasteiger partial charge >= 0.3 is 5.97 Å². The van der Waals surface area contributed by atoms with Crippen LogP contribution in [0.25, 0.3) is 0 Å². The number of carbonyl (C=O) groups excluding carboxylic acids is 1. The molecule has 0 aliphatic carbocycles. The average molecular weight is 264 g/mol. The highest BCUT2D eigenvalue weighted by Gasteiger charge is 2.25. The summed E-state index contributed by atoms with van der Waals surface area (Å²) < 4.78 is 4.81. The monoisotopic (exact) mass is 264 g/mol. The molecule has 2 N–H and O–H groups in total. The van der Waals surface area contributed by atoms with Crippen molar-refractivity contribution >= 4 is 5.97 Å². The van der Waals surface area contributed by atoms with Gasteiger partial charge in [-0.1, -0.05) is 37.3 Å². The third-order valence-corrected chi connectivity index (χ3v) is 3.52. The van der Waals surface area contributed by atoms with Gasteiger partial charge in [0, 0.05) is 25.7 Å². The number of esters is 1. The van der Waals surface area contributed by atoms with Gasteiger partial charge in [0.15, 0.2) is 0 Å². The minimum absolute atomic E-state index is 0.0937. The second-order valence-corrected chi connectivity index (χ2v) is 4.80. The van der Waals surface area contributed by atoms with E-state index >= 15 is 0 Å². The van der Waals surface area contributed by atoms with Crippen LogP contribution in [0.3, 0.4) is 0 Å². The van der Waals surface area contributed by atoms with Gasteiger partial charge in [-0.15, -0.1) is 0 Å². The van der Waals surface area contributed by atoms with E-state index in [-0.39, 0.29) is 17.9 Å². The van der Waals surface area contributed by atoms with Crippen molar-refractivity contribution in [1.29, 1.82) is 0 Å². The van der Waals surface area contributed by atoms with Crippen LogP contribution in [-0.2, 0) is 16.1 Å². The quantitative estimate of drug-likeness (QED) is 0.761. The molecule has 0 heterocycles. The van der Waals surface area contributed by atoms with E-state index in [1.807, 2.05) is 32.0 Å². The molecule has 4 nitrogen and oxygen atoms in total. The first-order valence-corrected chi connectivity index (χ1v) is 6.66. The fourth-order valence-electron chi connectivity index (χ4n) is 2.11. The maximum atomic E-state index is 11.6. The van der Waals surface area contributed by atoms with Crippen LogP contribution < -0.4 is 5.73 Å². The maximum absolute atomic E-state index is 11.6. The van der Waals surface area contributed by atoms with Crippen molar-refractivity contribution < 1.29 is 9.53 Å². The van der Waals surface area contributed by atoms with Crippen LogP contribution >= 0.6 is 0 Å². The van der Waals surface area contributed by atoms with Crippen LogP contribution in [-0.4, -0.2) is 37.1 Å². The van der Waals surface area contributed by atoms with E-state index in [1.54, 1.807) is 0 Å². The summed E-state index contributed by atoms with van der Waals surface area (Å²) in [5.74, 6) is -0.345. The molecule has 1 aromatic rings. The fraction of sp³-hybridized carbons (Fsp3) is 0.533. The van der Waals surface area contributed by atoms with E-state index in [9.17, 15) is 4.79 Å². The number of carbonyl (C=O) groups is 1. The number of benzene rings is 1. The van der Waals surface area contributed by atoms with Gasteiger partial charge in [-0.25, -0.2) is 0 Å². The third kappa shape index (κ3) is 4.65. The van der Waals surface area contributed by atoms with Gasteiger partial charge < -0.3 is 10.5 Å². The van der Waals surface area contributed by atoms with Crippen molar-refractivity contribution in [2.24, 2.45) is 11.7 Å². The molecule has 0 radical (unpaired) electrons. The highest BCUT2D eigenvalue weighted by molar-refractivity contribution is 5.72. The van der Waals surface area contributed by atoms with Crippen LogP contribution in [0, 0.1) is 5.92 Å². The zero-order valence-electron chi connectivity index (χ0n) is 12.0. The number of hydrogen-bond acceptors (Lipinski definition) is 4. The van der Waals surface area contributed by atoms with E-state index < -0.39 is 0 Å². The number of hydrogen-bond donors (Lipinski definition) is 1. The number of ether oxygens (including phenoxy) is 1. The summed E-state index contributed by atoms with van der Waals surface area (Å²) in [5.41, 5.74) is 6.89. The number of nitrogens with zero attached hydrogens (tertiary/aromatic N) is 1. The molecule has 1 aromatic carbocycles. The van der Waals surface area contributed by atoms with Crippen molar-refractivity contribution in [3.05, 3.63) is 35.9 Å². The molecule has 0 bridgehead atoms. The lowest BCUT2D eigenvalue weighted by molar-refractivity contribution is -0.147. The molecule has 0 fully saturated rings. The summed E-state index contributed by atoms with van der Waals surface area (Å²) >= 11 is 0. The molecule has 1 rings (SSSR count). The second-order valence-electron chi connectivity index (χ2n) is 4.80. The fourth-order valence-corrected chi connectivity index (χ4v) is 2.11. The molecule has 0 aliphatic heterocycles. The Balaban J connectivity index is 2.73. The zero-order chi connectivity index (χ0) is 14.3. The minimum atomic E-state index is -0.178. The lowest BCUT2D eigenvalue weighted by atomic mass is 10.0. The van der Waals surface area contributed by atoms with Crippen molar-refractivity contribution in [3.8, 4) is 0 Å². The van der Waals surface area contributed by atoms with E-state index in [0.717, 1.165) is 13.1 Å². The van der Waals surface area contributed by atoms with Crippen LogP contribution in [0.1, 0.15) is 19.4 Å². The highest BCUT2D eigenvalue weighted by atomic mass is 16.5. The first kappa shape index (κ1) is 15.7. The molecular weight excluding hydrogens is 240 g/mol. The Morgan fingerprint density at radius 2 is 1.95 bits per heavy atom. The van der Waals surface area contributed by atoms with E-state index in [1.165, 1.54) is 12.7 Å². The number of rotatable bonds is 7. The molecule has 4 heteroatoms. The van der Waals surface area contributed by atoms with Crippen LogP contribution in [0.2, 0.25) is 0 Å². The maximum Gasteiger partial charge on any atom is 0.309 e. The molecule has 0 saturated heterocycles. The Hall–Kier alpha value is -1.39. The highest BCUT2D eigenvalue weighted by Crippen LogP contribution is 2.15. The standard InChI is InChI=1S/C15H24N2O2/c1-12(15(18)19-3)13(2)17(10-9-16)11-14-7-5-4-6-8-14/h4-8,12-13H,9-11,16H2,1-3H3. The van der Waals surface area contributed by atoms with Gasteiger partial charge in [-0.3, -0.25) is 9.69 Å². The van der Waals surface area contributed by atoms with Crippen LogP contribution in [0.4, 0.5) is 0 Å². The van der Waals surface area contributed by atoms with Crippen molar-refractivity contribution in [2.45, 2.75) is 26.4 Å². The molecule has 0 spiro atoms. The number of nitrogens with two attached hydrogens (primary N) is 1. The van der Waals surface area contributed by atoms with Crippen molar-refractivity contribution in [2.75, 3.05) is 20.2 Å². The molecule has 0 amide bonds. The summed E-state index contributed by atoms with van der Waals surface area (Å²) in [4.78, 5) is 13.9. The Kier molecular flexibility index (Phi) is 6.53. The third-order valence-electron chi connectivity index (χ3n) is 3.52. The first-order valence-electron chi connectivity index (χ1n) is 6.66. The van der Waals surface area contributed by atoms with Crippen molar-refractivity contribution in [3.63, 3.8) is 0 Å². The predicted molar refractivity (Wildman–Crippen MR) is 76.5 cm³/mol.